The van der Waals surface area contributed by atoms with Crippen molar-refractivity contribution < 1.29 is 4.63 Å². The first kappa shape index (κ1) is 3.55. The zero-order valence-electron chi connectivity index (χ0n) is 2.97. The molecule has 0 aliphatic heterocycles. The molecule has 0 aromatic carbocycles. The zero-order valence-corrected chi connectivity index (χ0v) is 3.79. The average Bonchev–Trinajstić information content (AvgIpc) is 1.72. The maximum Gasteiger partial charge on any atom is 0.0494 e. The summed E-state index contributed by atoms with van der Waals surface area (Å²) >= 11 is 1.38. The van der Waals surface area contributed by atoms with E-state index in [4.69, 9.17) is 0 Å². The van der Waals surface area contributed by atoms with Crippen molar-refractivity contribution in [3.8, 4) is 0 Å². The van der Waals surface area contributed by atoms with E-state index in [1.165, 1.54) is 11.5 Å². The summed E-state index contributed by atoms with van der Waals surface area (Å²) in [6, 6.07) is 0. The second kappa shape index (κ2) is 1.71. The molecule has 0 fully saturated rings. The second-order valence-electron chi connectivity index (χ2n) is 0.724. The summed E-state index contributed by atoms with van der Waals surface area (Å²) in [6.45, 7) is 0. The first-order valence-electron chi connectivity index (χ1n) is 1.47. The molecule has 1 rings (SSSR count). The van der Waals surface area contributed by atoms with Gasteiger partial charge in [-0.3, -0.25) is 4.63 Å². The maximum absolute atomic E-state index is 4.45. The van der Waals surface area contributed by atoms with Crippen molar-refractivity contribution in [1.82, 2.24) is 9.70 Å². The third-order valence-electron chi connectivity index (χ3n) is 0.353. The average molecular weight is 104 g/mol. The highest BCUT2D eigenvalue weighted by Crippen LogP contribution is 1.78. The van der Waals surface area contributed by atoms with Crippen LogP contribution in [0.25, 0.3) is 0 Å². The molecule has 2 N–H and O–H groups in total. The lowest BCUT2D eigenvalue weighted by atomic mass is 11.1. The summed E-state index contributed by atoms with van der Waals surface area (Å²) in [4.78, 5) is 0. The molecule has 0 bridgehead atoms. The minimum Gasteiger partial charge on any atom is -0.287 e. The summed E-state index contributed by atoms with van der Waals surface area (Å²) in [6.07, 6.45) is 1.70. The van der Waals surface area contributed by atoms with Crippen molar-refractivity contribution in [2.75, 3.05) is 0 Å². The zero-order chi connectivity index (χ0) is 4.24. The molecule has 0 aliphatic rings. The van der Waals surface area contributed by atoms with Crippen molar-refractivity contribution in [1.29, 1.82) is 0 Å². The summed E-state index contributed by atoms with van der Waals surface area (Å²) in [5.74, 6) is 0. The predicted octanol–water partition coefficient (Wildman–Crippen LogP) is 1.12. The Morgan fingerprint density at radius 3 is 2.83 bits per heavy atom. The van der Waals surface area contributed by atoms with Crippen LogP contribution in [0.2, 0.25) is 0 Å². The van der Waals surface area contributed by atoms with E-state index >= 15 is 0 Å². The molecule has 1 heterocycles. The fourth-order valence-electron chi connectivity index (χ4n) is 0.172. The normalized spacial score (nSPS) is 8.00. The van der Waals surface area contributed by atoms with E-state index in [-0.39, 0.29) is 0 Å². The fourth-order valence-corrected chi connectivity index (χ4v) is 0.447. The molecule has 0 aliphatic carbocycles. The Morgan fingerprint density at radius 2 is 2.67 bits per heavy atom. The van der Waals surface area contributed by atoms with Crippen LogP contribution < -0.4 is 0 Å². The third-order valence-corrected chi connectivity index (χ3v) is 0.805. The fraction of sp³-hybridized carbons (Fsp3) is 0. The molecule has 0 saturated carbocycles. The molecule has 3 nitrogen and oxygen atoms in total. The van der Waals surface area contributed by atoms with Gasteiger partial charge in [0, 0.05) is 11.6 Å². The molecule has 4 heteroatoms. The minimum atomic E-state index is 1.38. The van der Waals surface area contributed by atoms with E-state index < -0.39 is 0 Å². The summed E-state index contributed by atoms with van der Waals surface area (Å²) in [5.41, 5.74) is 0. The topological polar surface area (TPSA) is 44.7 Å². The minimum absolute atomic E-state index is 1.38. The Kier molecular flexibility index (Phi) is 1.01. The van der Waals surface area contributed by atoms with Gasteiger partial charge in [0.25, 0.3) is 0 Å². The van der Waals surface area contributed by atoms with Gasteiger partial charge in [-0.1, -0.05) is 0 Å². The van der Waals surface area contributed by atoms with Gasteiger partial charge < -0.3 is 0 Å². The number of hydrogen-bond acceptors (Lipinski definition) is 2. The van der Waals surface area contributed by atoms with Crippen LogP contribution in [0.1, 0.15) is 0 Å². The summed E-state index contributed by atoms with van der Waals surface area (Å²) in [7, 11) is 0. The molecule has 6 heavy (non-hydrogen) atoms. The van der Waals surface area contributed by atoms with E-state index in [9.17, 15) is 0 Å². The Balaban J connectivity index is 3.00. The third kappa shape index (κ3) is 0.651. The van der Waals surface area contributed by atoms with E-state index in [0.29, 0.717) is 0 Å². The monoisotopic (exact) mass is 104 g/mol. The van der Waals surface area contributed by atoms with Crippen molar-refractivity contribution >= 4 is 11.5 Å². The van der Waals surface area contributed by atoms with Gasteiger partial charge in [-0.05, 0) is 11.5 Å². The lowest BCUT2D eigenvalue weighted by molar-refractivity contribution is 0.303. The highest BCUT2D eigenvalue weighted by atomic mass is 32.1. The largest absolute Gasteiger partial charge is 0.287 e. The summed E-state index contributed by atoms with van der Waals surface area (Å²) < 4.78 is 6.95. The van der Waals surface area contributed by atoms with E-state index in [1.807, 2.05) is 5.38 Å². The predicted molar refractivity (Wildman–Crippen MR) is 22.9 cm³/mol. The first-order valence-corrected chi connectivity index (χ1v) is 2.35. The van der Waals surface area contributed by atoms with Crippen LogP contribution in [0.4, 0.5) is 0 Å². The Bertz CT molecular complexity index is 83.5. The standard InChI is InChI=1S/C2H4N2OS/c1-2-6-4-5-3-1/h1-4H. The number of nitrogens with one attached hydrogen (secondary N) is 2. The van der Waals surface area contributed by atoms with Gasteiger partial charge in [0.05, 0.1) is 0 Å². The van der Waals surface area contributed by atoms with Gasteiger partial charge in [-0.15, -0.1) is 0 Å². The Morgan fingerprint density at radius 1 is 1.67 bits per heavy atom. The number of rotatable bonds is 0. The Labute approximate surface area is 38.4 Å². The number of aromatic amines is 2. The highest BCUT2D eigenvalue weighted by Gasteiger charge is 1.55. The van der Waals surface area contributed by atoms with Crippen LogP contribution in [0, 0.1) is 0 Å². The van der Waals surface area contributed by atoms with Crippen LogP contribution >= 0.6 is 11.5 Å². The molecule has 1 aromatic rings. The molecule has 0 saturated heterocycles. The summed E-state index contributed by atoms with van der Waals surface area (Å²) in [5, 5.41) is 4.31. The molecule has 0 spiro atoms. The van der Waals surface area contributed by atoms with E-state index in [0.717, 1.165) is 0 Å². The quantitative estimate of drug-likeness (QED) is 0.509. The van der Waals surface area contributed by atoms with Crippen molar-refractivity contribution in [3.63, 3.8) is 0 Å². The number of hydrogen-bond donors (Lipinski definition) is 2. The lowest BCUT2D eigenvalue weighted by Gasteiger charge is -1.75. The molecule has 1 aromatic heterocycles. The number of H-pyrrole nitrogens is 2. The van der Waals surface area contributed by atoms with Crippen molar-refractivity contribution in [2.45, 2.75) is 0 Å². The molecule has 0 atom stereocenters. The van der Waals surface area contributed by atoms with Crippen LogP contribution in [0.3, 0.4) is 0 Å². The molecule has 0 radical (unpaired) electrons. The van der Waals surface area contributed by atoms with Crippen LogP contribution in [-0.2, 0) is 0 Å². The van der Waals surface area contributed by atoms with Gasteiger partial charge in [-0.2, -0.15) is 4.55 Å². The SMILES string of the molecule is c1cs[nH]o[nH]1. The number of aromatic nitrogens is 2. The maximum atomic E-state index is 4.45. The molecule has 0 amide bonds. The van der Waals surface area contributed by atoms with Crippen molar-refractivity contribution in [3.05, 3.63) is 11.6 Å². The Hall–Kier alpha value is -0.640. The molecule has 34 valence electrons. The van der Waals surface area contributed by atoms with E-state index in [1.54, 1.807) is 6.20 Å². The molecule has 0 unspecified atom stereocenters. The first-order chi connectivity index (χ1) is 3.00. The van der Waals surface area contributed by atoms with Gasteiger partial charge in [0.15, 0.2) is 0 Å². The van der Waals surface area contributed by atoms with Crippen LogP contribution in [-0.4, -0.2) is 9.70 Å². The van der Waals surface area contributed by atoms with Gasteiger partial charge >= 0.3 is 0 Å². The van der Waals surface area contributed by atoms with Gasteiger partial charge in [-0.25, -0.2) is 5.16 Å². The van der Waals surface area contributed by atoms with Crippen molar-refractivity contribution in [2.24, 2.45) is 0 Å². The van der Waals surface area contributed by atoms with Crippen LogP contribution in [0.5, 0.6) is 0 Å². The second-order valence-corrected chi connectivity index (χ2v) is 1.40. The molecular formula is C2H4N2OS. The molecular weight excluding hydrogens is 100 g/mol. The van der Waals surface area contributed by atoms with E-state index in [2.05, 4.69) is 14.3 Å². The van der Waals surface area contributed by atoms with Gasteiger partial charge in [0.2, 0.25) is 0 Å². The lowest BCUT2D eigenvalue weighted by Crippen LogP contribution is -1.62. The highest BCUT2D eigenvalue weighted by molar-refractivity contribution is 7.02. The van der Waals surface area contributed by atoms with Crippen LogP contribution in [0.15, 0.2) is 16.2 Å². The van der Waals surface area contributed by atoms with Gasteiger partial charge in [0.1, 0.15) is 0 Å². The smallest absolute Gasteiger partial charge is 0.0494 e.